The van der Waals surface area contributed by atoms with Crippen molar-refractivity contribution in [1.82, 2.24) is 0 Å². The van der Waals surface area contributed by atoms with Crippen molar-refractivity contribution in [1.29, 1.82) is 0 Å². The zero-order chi connectivity index (χ0) is 25.2. The van der Waals surface area contributed by atoms with Gasteiger partial charge in [0.2, 0.25) is 0 Å². The molecule has 4 N–H and O–H groups in total. The Labute approximate surface area is 206 Å². The summed E-state index contributed by atoms with van der Waals surface area (Å²) in [5, 5.41) is 43.1. The molecule has 5 heteroatoms. The summed E-state index contributed by atoms with van der Waals surface area (Å²) in [5.74, 6) is 2.12. The fourth-order valence-electron chi connectivity index (χ4n) is 9.89. The van der Waals surface area contributed by atoms with E-state index in [-0.39, 0.29) is 34.4 Å². The second-order valence-electron chi connectivity index (χ2n) is 13.6. The Balaban J connectivity index is 1.55. The maximum absolute atomic E-state index is 13.4. The van der Waals surface area contributed by atoms with Gasteiger partial charge < -0.3 is 20.4 Å². The van der Waals surface area contributed by atoms with Gasteiger partial charge in [-0.05, 0) is 90.8 Å². The van der Waals surface area contributed by atoms with Gasteiger partial charge in [0.15, 0.2) is 0 Å². The summed E-state index contributed by atoms with van der Waals surface area (Å²) in [5.41, 5.74) is -0.165. The fourth-order valence-corrected chi connectivity index (χ4v) is 9.89. The van der Waals surface area contributed by atoms with Crippen LogP contribution in [0, 0.1) is 58.2 Å². The van der Waals surface area contributed by atoms with Crippen molar-refractivity contribution in [3.63, 3.8) is 0 Å². The highest BCUT2D eigenvalue weighted by molar-refractivity contribution is 5.83. The molecule has 0 spiro atoms. The molecule has 0 heterocycles. The van der Waals surface area contributed by atoms with Gasteiger partial charge in [-0.25, -0.2) is 0 Å². The van der Waals surface area contributed by atoms with E-state index in [0.29, 0.717) is 48.9 Å². The molecule has 196 valence electrons. The number of hydrogen-bond acceptors (Lipinski definition) is 5. The topological polar surface area (TPSA) is 98.0 Å². The molecule has 4 saturated carbocycles. The first-order chi connectivity index (χ1) is 15.9. The van der Waals surface area contributed by atoms with Crippen LogP contribution < -0.4 is 0 Å². The Morgan fingerprint density at radius 2 is 1.59 bits per heavy atom. The lowest BCUT2D eigenvalue weighted by molar-refractivity contribution is -0.175. The first-order valence-corrected chi connectivity index (χ1v) is 14.1. The summed E-state index contributed by atoms with van der Waals surface area (Å²) in [4.78, 5) is 13.4. The third kappa shape index (κ3) is 4.01. The van der Waals surface area contributed by atoms with Gasteiger partial charge in [0, 0.05) is 12.3 Å². The third-order valence-corrected chi connectivity index (χ3v) is 11.8. The maximum atomic E-state index is 13.4. The van der Waals surface area contributed by atoms with E-state index < -0.39 is 24.4 Å². The number of hydrogen-bond donors (Lipinski definition) is 4. The van der Waals surface area contributed by atoms with Gasteiger partial charge in [-0.3, -0.25) is 4.79 Å². The molecule has 0 amide bonds. The van der Waals surface area contributed by atoms with Crippen LogP contribution in [0.5, 0.6) is 0 Å². The average Bonchev–Trinajstić information content (AvgIpc) is 3.12. The van der Waals surface area contributed by atoms with Crippen molar-refractivity contribution in [3.8, 4) is 0 Å². The van der Waals surface area contributed by atoms with Gasteiger partial charge in [-0.2, -0.15) is 0 Å². The Hall–Kier alpha value is -0.490. The van der Waals surface area contributed by atoms with E-state index in [0.717, 1.165) is 32.1 Å². The second-order valence-corrected chi connectivity index (χ2v) is 13.6. The Kier molecular flexibility index (Phi) is 7.37. The number of carbonyl (C=O) groups excluding carboxylic acids is 1. The zero-order valence-electron chi connectivity index (χ0n) is 22.3. The number of rotatable bonds is 6. The van der Waals surface area contributed by atoms with Crippen LogP contribution in [0.1, 0.15) is 92.9 Å². The van der Waals surface area contributed by atoms with E-state index in [1.165, 1.54) is 0 Å². The standard InChI is InChI=1S/C29H50O5/c1-7-17(15(2)3)27(34)26(33)16(4)19-8-9-20-18-12-23(30)22-13-24(31)25(32)14-29(22,6)21(18)10-11-28(19,20)5/h15-22,24-27,31-34H,7-14H2,1-6H3/t16-,17-,18-,19+,20-,21-,22+,24-,25+,26-,27-,28+,29+/m0/s1. The normalized spacial score (nSPS) is 48.0. The minimum absolute atomic E-state index is 0.0172. The molecule has 4 aliphatic rings. The molecule has 13 atom stereocenters. The van der Waals surface area contributed by atoms with E-state index >= 15 is 0 Å². The Morgan fingerprint density at radius 1 is 0.941 bits per heavy atom. The van der Waals surface area contributed by atoms with Gasteiger partial charge >= 0.3 is 0 Å². The van der Waals surface area contributed by atoms with Crippen LogP contribution in [0.15, 0.2) is 0 Å². The van der Waals surface area contributed by atoms with Crippen molar-refractivity contribution in [3.05, 3.63) is 0 Å². The summed E-state index contributed by atoms with van der Waals surface area (Å²) < 4.78 is 0. The van der Waals surface area contributed by atoms with Crippen molar-refractivity contribution < 1.29 is 25.2 Å². The molecule has 4 rings (SSSR count). The summed E-state index contributed by atoms with van der Waals surface area (Å²) >= 11 is 0. The van der Waals surface area contributed by atoms with Crippen LogP contribution in [0.3, 0.4) is 0 Å². The minimum Gasteiger partial charge on any atom is -0.390 e. The molecule has 0 aromatic heterocycles. The average molecular weight is 479 g/mol. The Morgan fingerprint density at radius 3 is 2.21 bits per heavy atom. The highest BCUT2D eigenvalue weighted by Gasteiger charge is 2.63. The molecule has 4 fully saturated rings. The summed E-state index contributed by atoms with van der Waals surface area (Å²) in [6, 6.07) is 0. The molecule has 5 nitrogen and oxygen atoms in total. The second kappa shape index (κ2) is 9.43. The molecule has 0 unspecified atom stereocenters. The van der Waals surface area contributed by atoms with Gasteiger partial charge in [-0.15, -0.1) is 0 Å². The van der Waals surface area contributed by atoms with E-state index in [9.17, 15) is 25.2 Å². The maximum Gasteiger partial charge on any atom is 0.136 e. The number of Topliss-reactive ketones (excluding diaryl/α,β-unsaturated/α-hetero) is 1. The molecule has 0 aromatic rings. The molecular weight excluding hydrogens is 428 g/mol. The number of carbonyl (C=O) groups is 1. The predicted octanol–water partition coefficient (Wildman–Crippen LogP) is 4.20. The number of ketones is 1. The van der Waals surface area contributed by atoms with E-state index in [2.05, 4.69) is 41.5 Å². The molecule has 0 bridgehead atoms. The van der Waals surface area contributed by atoms with Gasteiger partial charge in [-0.1, -0.05) is 48.0 Å². The van der Waals surface area contributed by atoms with Crippen LogP contribution in [0.4, 0.5) is 0 Å². The minimum atomic E-state index is -0.783. The molecule has 4 aliphatic carbocycles. The summed E-state index contributed by atoms with van der Waals surface area (Å²) in [6.07, 6.45) is 3.69. The van der Waals surface area contributed by atoms with Crippen molar-refractivity contribution in [2.75, 3.05) is 0 Å². The number of aliphatic hydroxyl groups excluding tert-OH is 4. The molecule has 0 saturated heterocycles. The van der Waals surface area contributed by atoms with Gasteiger partial charge in [0.25, 0.3) is 0 Å². The molecule has 0 aromatic carbocycles. The fraction of sp³-hybridized carbons (Fsp3) is 0.966. The zero-order valence-corrected chi connectivity index (χ0v) is 22.3. The van der Waals surface area contributed by atoms with Crippen LogP contribution in [0.25, 0.3) is 0 Å². The first kappa shape index (κ1) is 26.6. The quantitative estimate of drug-likeness (QED) is 0.459. The van der Waals surface area contributed by atoms with Crippen LogP contribution in [-0.2, 0) is 4.79 Å². The lowest BCUT2D eigenvalue weighted by Gasteiger charge is -2.61. The molecular formula is C29H50O5. The smallest absolute Gasteiger partial charge is 0.136 e. The van der Waals surface area contributed by atoms with Crippen LogP contribution in [-0.4, -0.2) is 50.6 Å². The molecule has 34 heavy (non-hydrogen) atoms. The SMILES string of the molecule is CC[C@@H](C(C)C)[C@H](O)[C@@H](O)[C@@H](C)[C@H]1CC[C@H]2[C@@H]3CC(=O)[C@H]4C[C@H](O)[C@H](O)C[C@]4(C)[C@H]3CC[C@]12C. The van der Waals surface area contributed by atoms with Crippen molar-refractivity contribution in [2.45, 2.75) is 117 Å². The lowest BCUT2D eigenvalue weighted by atomic mass is 9.44. The molecule has 0 radical (unpaired) electrons. The van der Waals surface area contributed by atoms with Crippen molar-refractivity contribution >= 4 is 5.78 Å². The molecule has 0 aliphatic heterocycles. The Bertz CT molecular complexity index is 753. The van der Waals surface area contributed by atoms with Crippen LogP contribution >= 0.6 is 0 Å². The van der Waals surface area contributed by atoms with E-state index in [1.807, 2.05) is 0 Å². The van der Waals surface area contributed by atoms with Gasteiger partial charge in [0.05, 0.1) is 24.4 Å². The summed E-state index contributed by atoms with van der Waals surface area (Å²) in [6.45, 7) is 13.1. The third-order valence-electron chi connectivity index (χ3n) is 11.8. The monoisotopic (exact) mass is 478 g/mol. The van der Waals surface area contributed by atoms with Gasteiger partial charge in [0.1, 0.15) is 5.78 Å². The highest BCUT2D eigenvalue weighted by atomic mass is 16.3. The predicted molar refractivity (Wildman–Crippen MR) is 133 cm³/mol. The number of fused-ring (bicyclic) bond motifs is 5. The first-order valence-electron chi connectivity index (χ1n) is 14.1. The lowest BCUT2D eigenvalue weighted by Crippen LogP contribution is -2.59. The highest BCUT2D eigenvalue weighted by Crippen LogP contribution is 2.67. The van der Waals surface area contributed by atoms with Crippen LogP contribution in [0.2, 0.25) is 0 Å². The van der Waals surface area contributed by atoms with E-state index in [1.54, 1.807) is 0 Å². The summed E-state index contributed by atoms with van der Waals surface area (Å²) in [7, 11) is 0. The van der Waals surface area contributed by atoms with E-state index in [4.69, 9.17) is 0 Å². The van der Waals surface area contributed by atoms with Crippen molar-refractivity contribution in [2.24, 2.45) is 58.2 Å². The number of aliphatic hydroxyl groups is 4. The largest absolute Gasteiger partial charge is 0.390 e.